The van der Waals surface area contributed by atoms with Gasteiger partial charge in [0.15, 0.2) is 0 Å². The van der Waals surface area contributed by atoms with Crippen LogP contribution in [0, 0.1) is 0 Å². The maximum absolute atomic E-state index is 10.7. The number of hydrogen-bond acceptors (Lipinski definition) is 5. The Labute approximate surface area is 112 Å². The van der Waals surface area contributed by atoms with Gasteiger partial charge in [-0.25, -0.2) is 0 Å². The third kappa shape index (κ3) is 18.2. The minimum absolute atomic E-state index is 0.0144. The second-order valence-electron chi connectivity index (χ2n) is 3.34. The van der Waals surface area contributed by atoms with E-state index < -0.39 is 27.8 Å². The molecule has 11 heteroatoms. The van der Waals surface area contributed by atoms with E-state index in [1.165, 1.54) is 0 Å². The van der Waals surface area contributed by atoms with Crippen LogP contribution >= 0.6 is 15.2 Å². The monoisotopic (exact) mass is 323 g/mol. The lowest BCUT2D eigenvalue weighted by Gasteiger charge is -2.22. The molecule has 0 bridgehead atoms. The Morgan fingerprint density at radius 2 is 1.37 bits per heavy atom. The van der Waals surface area contributed by atoms with Crippen molar-refractivity contribution >= 4 is 15.2 Å². The lowest BCUT2D eigenvalue weighted by atomic mass is 10.6. The summed E-state index contributed by atoms with van der Waals surface area (Å²) < 4.78 is 26.3. The van der Waals surface area contributed by atoms with E-state index in [-0.39, 0.29) is 26.4 Å². The van der Waals surface area contributed by atoms with Gasteiger partial charge in [-0.15, -0.1) is 0 Å². The number of hydrogen-bond donors (Lipinski definition) is 5. The van der Waals surface area contributed by atoms with E-state index in [1.807, 2.05) is 13.8 Å². The molecule has 118 valence electrons. The molecule has 0 aliphatic rings. The van der Waals surface area contributed by atoms with Crippen LogP contribution in [0.3, 0.4) is 0 Å². The summed E-state index contributed by atoms with van der Waals surface area (Å²) in [6, 6.07) is 0. The lowest BCUT2D eigenvalue weighted by Crippen LogP contribution is -2.30. The molecule has 0 aromatic rings. The standard InChI is InChI=1S/C6H17NO8P2.C2H6/c8-2-4-15-3-1-7(5-16(9,10)11)6-17(12,13)14;1-2/h8H,1-6H2,(H2,9,10,11)(H2,12,13,14);1-2H3. The Morgan fingerprint density at radius 1 is 0.947 bits per heavy atom. The fourth-order valence-electron chi connectivity index (χ4n) is 1.07. The van der Waals surface area contributed by atoms with Gasteiger partial charge in [-0.1, -0.05) is 13.8 Å². The summed E-state index contributed by atoms with van der Waals surface area (Å²) in [6.07, 6.45) is -1.50. The van der Waals surface area contributed by atoms with Crippen molar-refractivity contribution in [2.75, 3.05) is 38.9 Å². The van der Waals surface area contributed by atoms with Crippen molar-refractivity contribution in [2.45, 2.75) is 13.8 Å². The topological polar surface area (TPSA) is 148 Å². The van der Waals surface area contributed by atoms with Gasteiger partial charge in [-0.3, -0.25) is 14.0 Å². The highest BCUT2D eigenvalue weighted by molar-refractivity contribution is 7.52. The Morgan fingerprint density at radius 3 is 1.68 bits per heavy atom. The summed E-state index contributed by atoms with van der Waals surface area (Å²) in [5, 5.41) is 8.42. The molecule has 0 atom stereocenters. The summed E-state index contributed by atoms with van der Waals surface area (Å²) in [5.74, 6) is 0. The number of rotatable bonds is 9. The van der Waals surface area contributed by atoms with E-state index in [9.17, 15) is 9.13 Å². The van der Waals surface area contributed by atoms with Crippen molar-refractivity contribution in [3.63, 3.8) is 0 Å². The average Bonchev–Trinajstić information content (AvgIpc) is 2.22. The highest BCUT2D eigenvalue weighted by Crippen LogP contribution is 2.40. The predicted octanol–water partition coefficient (Wildman–Crippen LogP) is -0.406. The van der Waals surface area contributed by atoms with Gasteiger partial charge in [0, 0.05) is 6.54 Å². The van der Waals surface area contributed by atoms with Crippen LogP contribution in [0.1, 0.15) is 13.8 Å². The predicted molar refractivity (Wildman–Crippen MR) is 69.8 cm³/mol. The van der Waals surface area contributed by atoms with E-state index >= 15 is 0 Å². The van der Waals surface area contributed by atoms with E-state index in [2.05, 4.69) is 0 Å². The quantitative estimate of drug-likeness (QED) is 0.282. The van der Waals surface area contributed by atoms with Gasteiger partial charge >= 0.3 is 15.2 Å². The zero-order valence-electron chi connectivity index (χ0n) is 11.0. The van der Waals surface area contributed by atoms with Gasteiger partial charge in [0.1, 0.15) is 12.6 Å². The van der Waals surface area contributed by atoms with Crippen LogP contribution in [-0.2, 0) is 13.9 Å². The van der Waals surface area contributed by atoms with Crippen molar-refractivity contribution in [2.24, 2.45) is 0 Å². The van der Waals surface area contributed by atoms with E-state index in [4.69, 9.17) is 29.4 Å². The smallest absolute Gasteiger partial charge is 0.339 e. The molecule has 9 nitrogen and oxygen atoms in total. The summed E-state index contributed by atoms with van der Waals surface area (Å²) in [6.45, 7) is 3.83. The normalized spacial score (nSPS) is 12.2. The summed E-state index contributed by atoms with van der Waals surface area (Å²) in [7, 11) is -8.77. The first-order chi connectivity index (χ1) is 8.64. The first-order valence-corrected chi connectivity index (χ1v) is 9.24. The maximum Gasteiger partial charge on any atom is 0.339 e. The van der Waals surface area contributed by atoms with Gasteiger partial charge in [-0.2, -0.15) is 0 Å². The molecule has 0 heterocycles. The molecular weight excluding hydrogens is 300 g/mol. The molecule has 0 rings (SSSR count). The molecule has 0 aromatic heterocycles. The van der Waals surface area contributed by atoms with Crippen LogP contribution in [0.5, 0.6) is 0 Å². The van der Waals surface area contributed by atoms with Gasteiger partial charge in [-0.05, 0) is 0 Å². The maximum atomic E-state index is 10.7. The Hall–Kier alpha value is 0.180. The van der Waals surface area contributed by atoms with Crippen LogP contribution in [0.25, 0.3) is 0 Å². The van der Waals surface area contributed by atoms with E-state index in [1.54, 1.807) is 0 Å². The molecule has 0 saturated carbocycles. The minimum Gasteiger partial charge on any atom is -0.394 e. The van der Waals surface area contributed by atoms with Crippen LogP contribution in [0.4, 0.5) is 0 Å². The summed E-state index contributed by atoms with van der Waals surface area (Å²) >= 11 is 0. The number of aliphatic hydroxyl groups is 1. The van der Waals surface area contributed by atoms with Crippen LogP contribution in [0.15, 0.2) is 0 Å². The molecule has 0 unspecified atom stereocenters. The Bertz CT molecular complexity index is 277. The third-order valence-electron chi connectivity index (χ3n) is 1.56. The van der Waals surface area contributed by atoms with Crippen molar-refractivity contribution in [1.29, 1.82) is 0 Å². The molecule has 0 radical (unpaired) electrons. The first kappa shape index (κ1) is 21.5. The fraction of sp³-hybridized carbons (Fsp3) is 1.00. The fourth-order valence-corrected chi connectivity index (χ4v) is 2.75. The number of ether oxygens (including phenoxy) is 1. The molecule has 0 aliphatic heterocycles. The van der Waals surface area contributed by atoms with Crippen molar-refractivity contribution < 1.29 is 38.5 Å². The molecular formula is C8H23NO8P2. The zero-order chi connectivity index (χ0) is 15.5. The summed E-state index contributed by atoms with van der Waals surface area (Å²) in [5.41, 5.74) is 0. The van der Waals surface area contributed by atoms with Crippen molar-refractivity contribution in [3.05, 3.63) is 0 Å². The second-order valence-corrected chi connectivity index (χ2v) is 6.57. The van der Waals surface area contributed by atoms with Crippen LogP contribution in [0.2, 0.25) is 0 Å². The minimum atomic E-state index is -4.39. The molecule has 5 N–H and O–H groups in total. The number of nitrogens with zero attached hydrogens (tertiary/aromatic N) is 1. The van der Waals surface area contributed by atoms with Crippen LogP contribution in [-0.4, -0.2) is 68.5 Å². The molecule has 0 saturated heterocycles. The third-order valence-corrected chi connectivity index (χ3v) is 3.09. The van der Waals surface area contributed by atoms with Crippen LogP contribution < -0.4 is 0 Å². The highest BCUT2D eigenvalue weighted by Gasteiger charge is 2.25. The summed E-state index contributed by atoms with van der Waals surface area (Å²) in [4.78, 5) is 35.8. The van der Waals surface area contributed by atoms with Gasteiger partial charge in [0.2, 0.25) is 0 Å². The molecule has 0 amide bonds. The molecule has 0 fully saturated rings. The van der Waals surface area contributed by atoms with Crippen molar-refractivity contribution in [1.82, 2.24) is 4.90 Å². The van der Waals surface area contributed by atoms with E-state index in [0.717, 1.165) is 4.90 Å². The zero-order valence-corrected chi connectivity index (χ0v) is 12.8. The van der Waals surface area contributed by atoms with Crippen molar-refractivity contribution in [3.8, 4) is 0 Å². The Kier molecular flexibility index (Phi) is 12.3. The molecule has 0 aliphatic carbocycles. The molecule has 19 heavy (non-hydrogen) atoms. The van der Waals surface area contributed by atoms with Gasteiger partial charge in [0.25, 0.3) is 0 Å². The number of aliphatic hydroxyl groups excluding tert-OH is 1. The Balaban J connectivity index is 0. The first-order valence-electron chi connectivity index (χ1n) is 5.64. The SMILES string of the molecule is CC.O=P(O)(O)CN(CCOCCO)CP(=O)(O)O. The van der Waals surface area contributed by atoms with Gasteiger partial charge in [0.05, 0.1) is 19.8 Å². The molecule has 0 aromatic carbocycles. The molecule has 0 spiro atoms. The lowest BCUT2D eigenvalue weighted by molar-refractivity contribution is 0.0780. The van der Waals surface area contributed by atoms with Gasteiger partial charge < -0.3 is 29.4 Å². The van der Waals surface area contributed by atoms with E-state index in [0.29, 0.717) is 0 Å². The average molecular weight is 323 g/mol. The largest absolute Gasteiger partial charge is 0.394 e. The second kappa shape index (κ2) is 10.9. The highest BCUT2D eigenvalue weighted by atomic mass is 31.2.